The van der Waals surface area contributed by atoms with E-state index in [2.05, 4.69) is 15.5 Å². The molecule has 0 aliphatic carbocycles. The first-order valence-corrected chi connectivity index (χ1v) is 8.12. The molecule has 3 rings (SSSR count). The second kappa shape index (κ2) is 7.52. The number of benzene rings is 1. The van der Waals surface area contributed by atoms with Crippen LogP contribution in [0.5, 0.6) is 0 Å². The minimum atomic E-state index is -0.269. The Morgan fingerprint density at radius 2 is 2.08 bits per heavy atom. The Bertz CT molecular complexity index is 865. The molecular weight excluding hydrogens is 322 g/mol. The normalized spacial score (nSPS) is 11.4. The summed E-state index contributed by atoms with van der Waals surface area (Å²) in [7, 11) is 0. The molecule has 24 heavy (non-hydrogen) atoms. The number of carbonyl (C=O) groups is 1. The third-order valence-corrected chi connectivity index (χ3v) is 4.36. The lowest BCUT2D eigenvalue weighted by Crippen LogP contribution is -2.16. The average Bonchev–Trinajstić information content (AvgIpc) is 3.25. The fourth-order valence-corrected chi connectivity index (χ4v) is 2.99. The third-order valence-electron chi connectivity index (χ3n) is 3.15. The Kier molecular flexibility index (Phi) is 4.98. The summed E-state index contributed by atoms with van der Waals surface area (Å²) >= 11 is 1.35. The Hall–Kier alpha value is -2.99. The SMILES string of the molecule is Cc1nc(-c2ccccc2)sc1C(=O)NN=CC=Cc1ccco1. The fourth-order valence-electron chi connectivity index (χ4n) is 2.02. The standard InChI is InChI=1S/C18H15N3O2S/c1-13-16(24-18(20-13)14-7-3-2-4-8-14)17(22)21-19-11-5-9-15-10-6-12-23-15/h2-12H,1H3,(H,21,22). The van der Waals surface area contributed by atoms with Gasteiger partial charge in [-0.2, -0.15) is 5.10 Å². The van der Waals surface area contributed by atoms with Crippen LogP contribution in [-0.2, 0) is 0 Å². The number of thiazole rings is 1. The molecule has 2 aromatic heterocycles. The van der Waals surface area contributed by atoms with E-state index in [1.165, 1.54) is 17.6 Å². The average molecular weight is 337 g/mol. The summed E-state index contributed by atoms with van der Waals surface area (Å²) < 4.78 is 5.15. The van der Waals surface area contributed by atoms with E-state index in [-0.39, 0.29) is 5.91 Å². The molecule has 1 aromatic carbocycles. The highest BCUT2D eigenvalue weighted by Gasteiger charge is 2.15. The maximum atomic E-state index is 12.2. The molecule has 120 valence electrons. The van der Waals surface area contributed by atoms with Crippen LogP contribution in [0.1, 0.15) is 21.1 Å². The van der Waals surface area contributed by atoms with Gasteiger partial charge >= 0.3 is 0 Å². The highest BCUT2D eigenvalue weighted by Crippen LogP contribution is 2.27. The molecule has 0 radical (unpaired) electrons. The number of carbonyl (C=O) groups excluding carboxylic acids is 1. The molecule has 0 saturated heterocycles. The molecule has 1 amide bonds. The number of hydrazone groups is 1. The lowest BCUT2D eigenvalue weighted by atomic mass is 10.2. The van der Waals surface area contributed by atoms with Crippen LogP contribution in [0.3, 0.4) is 0 Å². The van der Waals surface area contributed by atoms with Crippen LogP contribution in [0.15, 0.2) is 64.3 Å². The van der Waals surface area contributed by atoms with Crippen molar-refractivity contribution < 1.29 is 9.21 Å². The Labute approximate surface area is 143 Å². The van der Waals surface area contributed by atoms with Crippen LogP contribution in [-0.4, -0.2) is 17.1 Å². The predicted octanol–water partition coefficient (Wildman–Crippen LogP) is 4.14. The maximum Gasteiger partial charge on any atom is 0.283 e. The number of rotatable bonds is 5. The van der Waals surface area contributed by atoms with Gasteiger partial charge < -0.3 is 4.42 Å². The van der Waals surface area contributed by atoms with Crippen LogP contribution < -0.4 is 5.43 Å². The summed E-state index contributed by atoms with van der Waals surface area (Å²) in [6, 6.07) is 13.4. The molecule has 1 N–H and O–H groups in total. The van der Waals surface area contributed by atoms with Gasteiger partial charge in [0.15, 0.2) is 0 Å². The first-order chi connectivity index (χ1) is 11.7. The summed E-state index contributed by atoms with van der Waals surface area (Å²) in [4.78, 5) is 17.2. The van der Waals surface area contributed by atoms with Crippen molar-refractivity contribution in [3.8, 4) is 10.6 Å². The van der Waals surface area contributed by atoms with Gasteiger partial charge in [0, 0.05) is 11.8 Å². The van der Waals surface area contributed by atoms with Crippen molar-refractivity contribution in [1.82, 2.24) is 10.4 Å². The highest BCUT2D eigenvalue weighted by atomic mass is 32.1. The quantitative estimate of drug-likeness (QED) is 0.562. The topological polar surface area (TPSA) is 67.5 Å². The molecule has 0 unspecified atom stereocenters. The van der Waals surface area contributed by atoms with Crippen molar-refractivity contribution in [2.75, 3.05) is 0 Å². The van der Waals surface area contributed by atoms with Crippen molar-refractivity contribution in [1.29, 1.82) is 0 Å². The molecule has 0 spiro atoms. The number of amides is 1. The number of hydrogen-bond acceptors (Lipinski definition) is 5. The van der Waals surface area contributed by atoms with Crippen LogP contribution in [0.25, 0.3) is 16.6 Å². The van der Waals surface area contributed by atoms with Crippen molar-refractivity contribution in [3.05, 3.63) is 71.1 Å². The van der Waals surface area contributed by atoms with Gasteiger partial charge in [-0.15, -0.1) is 11.3 Å². The lowest BCUT2D eigenvalue weighted by molar-refractivity contribution is 0.0958. The largest absolute Gasteiger partial charge is 0.465 e. The van der Waals surface area contributed by atoms with E-state index in [9.17, 15) is 4.79 Å². The number of allylic oxidation sites excluding steroid dienone is 1. The molecular formula is C18H15N3O2S. The minimum absolute atomic E-state index is 0.269. The molecule has 0 bridgehead atoms. The van der Waals surface area contributed by atoms with E-state index in [0.717, 1.165) is 16.3 Å². The number of aromatic nitrogens is 1. The van der Waals surface area contributed by atoms with Crippen LogP contribution in [0, 0.1) is 6.92 Å². The molecule has 0 fully saturated rings. The van der Waals surface area contributed by atoms with E-state index < -0.39 is 0 Å². The zero-order chi connectivity index (χ0) is 16.8. The van der Waals surface area contributed by atoms with Gasteiger partial charge in [-0.05, 0) is 31.2 Å². The molecule has 5 nitrogen and oxygen atoms in total. The Morgan fingerprint density at radius 1 is 1.25 bits per heavy atom. The first kappa shape index (κ1) is 15.9. The number of aryl methyl sites for hydroxylation is 1. The lowest BCUT2D eigenvalue weighted by Gasteiger charge is -1.95. The Morgan fingerprint density at radius 3 is 2.83 bits per heavy atom. The summed E-state index contributed by atoms with van der Waals surface area (Å²) in [6.45, 7) is 1.82. The van der Waals surface area contributed by atoms with Crippen LogP contribution >= 0.6 is 11.3 Å². The van der Waals surface area contributed by atoms with E-state index in [1.54, 1.807) is 24.5 Å². The van der Waals surface area contributed by atoms with Crippen molar-refractivity contribution >= 4 is 29.5 Å². The van der Waals surface area contributed by atoms with Gasteiger partial charge in [0.2, 0.25) is 0 Å². The maximum absolute atomic E-state index is 12.2. The zero-order valence-electron chi connectivity index (χ0n) is 13.0. The molecule has 3 aromatic rings. The van der Waals surface area contributed by atoms with E-state index in [0.29, 0.717) is 10.6 Å². The third kappa shape index (κ3) is 3.85. The summed E-state index contributed by atoms with van der Waals surface area (Å²) in [5, 5.41) is 4.72. The van der Waals surface area contributed by atoms with Crippen molar-refractivity contribution in [2.45, 2.75) is 6.92 Å². The highest BCUT2D eigenvalue weighted by molar-refractivity contribution is 7.17. The van der Waals surface area contributed by atoms with Gasteiger partial charge in [-0.25, -0.2) is 10.4 Å². The smallest absolute Gasteiger partial charge is 0.283 e. The molecule has 0 saturated carbocycles. The first-order valence-electron chi connectivity index (χ1n) is 7.30. The van der Waals surface area contributed by atoms with Crippen LogP contribution in [0.2, 0.25) is 0 Å². The minimum Gasteiger partial charge on any atom is -0.465 e. The monoisotopic (exact) mass is 337 g/mol. The zero-order valence-corrected chi connectivity index (χ0v) is 13.8. The predicted molar refractivity (Wildman–Crippen MR) is 96.0 cm³/mol. The van der Waals surface area contributed by atoms with E-state index in [4.69, 9.17) is 4.42 Å². The second-order valence-electron chi connectivity index (χ2n) is 4.89. The van der Waals surface area contributed by atoms with Gasteiger partial charge in [-0.1, -0.05) is 30.3 Å². The van der Waals surface area contributed by atoms with Gasteiger partial charge in [-0.3, -0.25) is 4.79 Å². The number of hydrogen-bond donors (Lipinski definition) is 1. The molecule has 0 aliphatic heterocycles. The van der Waals surface area contributed by atoms with E-state index >= 15 is 0 Å². The Balaban J connectivity index is 1.64. The summed E-state index contributed by atoms with van der Waals surface area (Å²) in [5.74, 6) is 0.452. The summed E-state index contributed by atoms with van der Waals surface area (Å²) in [5.41, 5.74) is 4.19. The number of furan rings is 1. The van der Waals surface area contributed by atoms with Gasteiger partial charge in [0.25, 0.3) is 5.91 Å². The fraction of sp³-hybridized carbons (Fsp3) is 0.0556. The molecule has 2 heterocycles. The van der Waals surface area contributed by atoms with E-state index in [1.807, 2.05) is 43.3 Å². The molecule has 0 aliphatic rings. The number of nitrogens with zero attached hydrogens (tertiary/aromatic N) is 2. The molecule has 0 atom stereocenters. The van der Waals surface area contributed by atoms with Gasteiger partial charge in [0.1, 0.15) is 15.6 Å². The summed E-state index contributed by atoms with van der Waals surface area (Å²) in [6.07, 6.45) is 6.53. The number of nitrogens with one attached hydrogen (secondary N) is 1. The van der Waals surface area contributed by atoms with Gasteiger partial charge in [0.05, 0.1) is 12.0 Å². The van der Waals surface area contributed by atoms with Crippen LogP contribution in [0.4, 0.5) is 0 Å². The van der Waals surface area contributed by atoms with Crippen molar-refractivity contribution in [2.24, 2.45) is 5.10 Å². The second-order valence-corrected chi connectivity index (χ2v) is 5.89. The van der Waals surface area contributed by atoms with Crippen molar-refractivity contribution in [3.63, 3.8) is 0 Å². The molecule has 6 heteroatoms.